The number of carbonyl (C=O) groups is 2. The maximum absolute atomic E-state index is 14.1. The molecule has 3 amide bonds. The lowest BCUT2D eigenvalue weighted by Crippen LogP contribution is -2.45. The minimum absolute atomic E-state index is 0.0412. The Kier molecular flexibility index (Phi) is 9.23. The van der Waals surface area contributed by atoms with Crippen molar-refractivity contribution >= 4 is 40.0 Å². The molecule has 0 bridgehead atoms. The lowest BCUT2D eigenvalue weighted by molar-refractivity contribution is -0.138. The number of hydrogen-bond acceptors (Lipinski definition) is 5. The molecule has 1 saturated heterocycles. The van der Waals surface area contributed by atoms with Crippen molar-refractivity contribution in [1.82, 2.24) is 19.4 Å². The fraction of sp³-hybridized carbons (Fsp3) is 0.229. The van der Waals surface area contributed by atoms with Crippen LogP contribution in [-0.4, -0.2) is 64.0 Å². The predicted molar refractivity (Wildman–Crippen MR) is 177 cm³/mol. The third-order valence-corrected chi connectivity index (χ3v) is 8.25. The highest BCUT2D eigenvalue weighted by Gasteiger charge is 2.34. The van der Waals surface area contributed by atoms with Gasteiger partial charge in [-0.2, -0.15) is 13.2 Å². The molecule has 0 aliphatic carbocycles. The molecule has 3 aromatic carbocycles. The van der Waals surface area contributed by atoms with E-state index in [4.69, 9.17) is 0 Å². The number of pyridine rings is 1. The molecule has 1 aliphatic rings. The molecule has 6 rings (SSSR count). The fourth-order valence-corrected chi connectivity index (χ4v) is 5.75. The monoisotopic (exact) mass is 641 g/mol. The van der Waals surface area contributed by atoms with Crippen molar-refractivity contribution in [2.45, 2.75) is 19.6 Å². The largest absolute Gasteiger partial charge is 0.416 e. The van der Waals surface area contributed by atoms with Crippen molar-refractivity contribution in [2.75, 3.05) is 48.7 Å². The van der Waals surface area contributed by atoms with Crippen LogP contribution in [0.25, 0.3) is 16.6 Å². The Morgan fingerprint density at radius 2 is 1.53 bits per heavy atom. The SMILES string of the molecule is CCN1CCN(Cc2ccc(NC(=O)Nc3cccc(-n4ccc5c(NC(=O)c6ccccc6)nccc54)c3)cc2C(F)(F)F)CC1. The number of likely N-dealkylation sites (N-methyl/N-ethyl adjacent to an activating group) is 1. The lowest BCUT2D eigenvalue weighted by Gasteiger charge is -2.34. The van der Waals surface area contributed by atoms with E-state index in [9.17, 15) is 22.8 Å². The Labute approximate surface area is 270 Å². The summed E-state index contributed by atoms with van der Waals surface area (Å²) < 4.78 is 44.1. The summed E-state index contributed by atoms with van der Waals surface area (Å²) in [6.07, 6.45) is -1.14. The number of nitrogens with zero attached hydrogens (tertiary/aromatic N) is 4. The van der Waals surface area contributed by atoms with E-state index in [1.54, 1.807) is 48.7 Å². The van der Waals surface area contributed by atoms with Crippen LogP contribution in [0.1, 0.15) is 28.4 Å². The van der Waals surface area contributed by atoms with Gasteiger partial charge < -0.3 is 25.4 Å². The summed E-state index contributed by atoms with van der Waals surface area (Å²) in [6.45, 7) is 6.24. The average molecular weight is 642 g/mol. The summed E-state index contributed by atoms with van der Waals surface area (Å²) in [5.41, 5.74) is 1.90. The maximum Gasteiger partial charge on any atom is 0.416 e. The van der Waals surface area contributed by atoms with Gasteiger partial charge in [-0.05, 0) is 66.7 Å². The van der Waals surface area contributed by atoms with Gasteiger partial charge in [0.25, 0.3) is 5.91 Å². The topological polar surface area (TPSA) is 94.5 Å². The molecule has 0 saturated carbocycles. The first kappa shape index (κ1) is 31.8. The first-order chi connectivity index (χ1) is 22.7. The third-order valence-electron chi connectivity index (χ3n) is 8.25. The van der Waals surface area contributed by atoms with Gasteiger partial charge in [0.05, 0.1) is 11.1 Å². The number of amides is 3. The van der Waals surface area contributed by atoms with Crippen molar-refractivity contribution in [3.8, 4) is 5.69 Å². The number of urea groups is 1. The smallest absolute Gasteiger partial charge is 0.316 e. The second kappa shape index (κ2) is 13.7. The van der Waals surface area contributed by atoms with E-state index >= 15 is 0 Å². The van der Waals surface area contributed by atoms with Crippen molar-refractivity contribution in [1.29, 1.82) is 0 Å². The number of fused-ring (bicyclic) bond motifs is 1. The molecule has 3 N–H and O–H groups in total. The van der Waals surface area contributed by atoms with Crippen LogP contribution < -0.4 is 16.0 Å². The van der Waals surface area contributed by atoms with Crippen LogP contribution in [-0.2, 0) is 12.7 Å². The van der Waals surface area contributed by atoms with Crippen molar-refractivity contribution in [2.24, 2.45) is 0 Å². The molecule has 0 atom stereocenters. The molecule has 1 aliphatic heterocycles. The number of carbonyl (C=O) groups excluding carboxylic acids is 2. The Morgan fingerprint density at radius 1 is 0.809 bits per heavy atom. The van der Waals surface area contributed by atoms with Gasteiger partial charge in [-0.1, -0.05) is 37.3 Å². The van der Waals surface area contributed by atoms with Gasteiger partial charge in [0.1, 0.15) is 5.82 Å². The molecule has 1 fully saturated rings. The standard InChI is InChI=1S/C35H34F3N7O2/c1-2-43-17-19-44(20-18-43)23-25-11-12-27(22-30(25)35(36,37)38)41-34(47)40-26-9-6-10-28(21-26)45-16-14-29-31(45)13-15-39-32(29)42-33(46)24-7-4-3-5-8-24/h3-16,21-22H,2,17-20,23H2,1H3,(H,39,42,46)(H2,40,41,47). The molecule has 3 heterocycles. The van der Waals surface area contributed by atoms with E-state index < -0.39 is 17.8 Å². The number of benzene rings is 3. The summed E-state index contributed by atoms with van der Waals surface area (Å²) >= 11 is 0. The number of alkyl halides is 3. The Bertz CT molecular complexity index is 1880. The molecule has 2 aromatic heterocycles. The van der Waals surface area contributed by atoms with Crippen LogP contribution in [0.15, 0.2) is 97.3 Å². The minimum atomic E-state index is -4.57. The zero-order valence-electron chi connectivity index (χ0n) is 25.7. The number of hydrogen-bond donors (Lipinski definition) is 3. The summed E-state index contributed by atoms with van der Waals surface area (Å²) in [7, 11) is 0. The van der Waals surface area contributed by atoms with E-state index in [0.717, 1.165) is 36.6 Å². The predicted octanol–water partition coefficient (Wildman–Crippen LogP) is 7.08. The van der Waals surface area contributed by atoms with Gasteiger partial charge in [0.15, 0.2) is 0 Å². The number of piperazine rings is 1. The normalized spacial score (nSPS) is 14.2. The first-order valence-corrected chi connectivity index (χ1v) is 15.3. The molecule has 5 aromatic rings. The second-order valence-electron chi connectivity index (χ2n) is 11.3. The third kappa shape index (κ3) is 7.45. The van der Waals surface area contributed by atoms with Gasteiger partial charge in [-0.3, -0.25) is 9.69 Å². The zero-order chi connectivity index (χ0) is 33.0. The Morgan fingerprint density at radius 3 is 2.26 bits per heavy atom. The van der Waals surface area contributed by atoms with Crippen LogP contribution in [0.2, 0.25) is 0 Å². The molecule has 47 heavy (non-hydrogen) atoms. The molecule has 242 valence electrons. The maximum atomic E-state index is 14.1. The highest BCUT2D eigenvalue weighted by Crippen LogP contribution is 2.35. The fourth-order valence-electron chi connectivity index (χ4n) is 5.75. The first-order valence-electron chi connectivity index (χ1n) is 15.3. The number of aromatic nitrogens is 2. The van der Waals surface area contributed by atoms with Crippen LogP contribution in [0, 0.1) is 0 Å². The van der Waals surface area contributed by atoms with Crippen molar-refractivity contribution in [3.05, 3.63) is 114 Å². The number of rotatable bonds is 8. The highest BCUT2D eigenvalue weighted by molar-refractivity contribution is 6.08. The van der Waals surface area contributed by atoms with Crippen LogP contribution in [0.4, 0.5) is 35.2 Å². The number of halogens is 3. The number of anilines is 3. The van der Waals surface area contributed by atoms with Crippen LogP contribution in [0.5, 0.6) is 0 Å². The second-order valence-corrected chi connectivity index (χ2v) is 11.3. The van der Waals surface area contributed by atoms with Gasteiger partial charge >= 0.3 is 12.2 Å². The van der Waals surface area contributed by atoms with E-state index in [1.165, 1.54) is 12.1 Å². The quantitative estimate of drug-likeness (QED) is 0.168. The molecule has 0 spiro atoms. The Hall–Kier alpha value is -5.20. The minimum Gasteiger partial charge on any atom is -0.316 e. The van der Waals surface area contributed by atoms with Crippen LogP contribution in [0.3, 0.4) is 0 Å². The summed E-state index contributed by atoms with van der Waals surface area (Å²) in [4.78, 5) is 34.3. The van der Waals surface area contributed by atoms with Gasteiger partial charge in [-0.25, -0.2) is 9.78 Å². The van der Waals surface area contributed by atoms with E-state index in [0.29, 0.717) is 35.8 Å². The van der Waals surface area contributed by atoms with E-state index in [1.807, 2.05) is 39.9 Å². The van der Waals surface area contributed by atoms with E-state index in [2.05, 4.69) is 32.8 Å². The number of nitrogens with one attached hydrogen (secondary N) is 3. The molecule has 0 radical (unpaired) electrons. The van der Waals surface area contributed by atoms with Crippen LogP contribution >= 0.6 is 0 Å². The average Bonchev–Trinajstić information content (AvgIpc) is 3.51. The van der Waals surface area contributed by atoms with Gasteiger partial charge in [-0.15, -0.1) is 0 Å². The van der Waals surface area contributed by atoms with Crippen molar-refractivity contribution < 1.29 is 22.8 Å². The van der Waals surface area contributed by atoms with Crippen molar-refractivity contribution in [3.63, 3.8) is 0 Å². The van der Waals surface area contributed by atoms with E-state index in [-0.39, 0.29) is 23.7 Å². The summed E-state index contributed by atoms with van der Waals surface area (Å²) in [6, 6.07) is 22.8. The summed E-state index contributed by atoms with van der Waals surface area (Å²) in [5, 5.41) is 8.85. The van der Waals surface area contributed by atoms with Gasteiger partial charge in [0.2, 0.25) is 0 Å². The molecule has 12 heteroatoms. The molecular formula is C35H34F3N7O2. The Balaban J connectivity index is 1.15. The molecule has 9 nitrogen and oxygen atoms in total. The zero-order valence-corrected chi connectivity index (χ0v) is 25.7. The summed E-state index contributed by atoms with van der Waals surface area (Å²) in [5.74, 6) is 0.130. The van der Waals surface area contributed by atoms with Gasteiger partial charge in [0, 0.05) is 73.1 Å². The lowest BCUT2D eigenvalue weighted by atomic mass is 10.0. The highest BCUT2D eigenvalue weighted by atomic mass is 19.4. The molecule has 0 unspecified atom stereocenters. The molecular weight excluding hydrogens is 607 g/mol.